The molecule has 1 aliphatic rings. The van der Waals surface area contributed by atoms with E-state index in [-0.39, 0.29) is 6.04 Å². The van der Waals surface area contributed by atoms with Crippen LogP contribution < -0.4 is 10.6 Å². The number of rotatable bonds is 2. The highest BCUT2D eigenvalue weighted by Gasteiger charge is 2.32. The van der Waals surface area contributed by atoms with Crippen molar-refractivity contribution < 1.29 is 13.2 Å². The summed E-state index contributed by atoms with van der Waals surface area (Å²) in [6.45, 7) is 0.813. The molecule has 1 saturated heterocycles. The molecular weight excluding hydrogens is 299 g/mol. The van der Waals surface area contributed by atoms with Crippen molar-refractivity contribution in [1.29, 1.82) is 0 Å². The molecular formula is C14H14F3N3S. The Balaban J connectivity index is 1.85. The lowest BCUT2D eigenvalue weighted by Gasteiger charge is -2.26. The maximum atomic E-state index is 12.6. The molecule has 0 aliphatic carbocycles. The fraction of sp³-hybridized carbons (Fsp3) is 0.357. The maximum Gasteiger partial charge on any atom is 0.416 e. The Morgan fingerprint density at radius 1 is 1.24 bits per heavy atom. The van der Waals surface area contributed by atoms with Gasteiger partial charge in [0.05, 0.1) is 17.3 Å². The van der Waals surface area contributed by atoms with E-state index in [4.69, 9.17) is 5.73 Å². The predicted octanol–water partition coefficient (Wildman–Crippen LogP) is 4.09. The summed E-state index contributed by atoms with van der Waals surface area (Å²) in [7, 11) is 0. The van der Waals surface area contributed by atoms with Gasteiger partial charge in [-0.3, -0.25) is 0 Å². The van der Waals surface area contributed by atoms with Gasteiger partial charge in [0.2, 0.25) is 0 Å². The van der Waals surface area contributed by atoms with Crippen LogP contribution in [0.2, 0.25) is 0 Å². The second-order valence-corrected chi connectivity index (χ2v) is 5.90. The smallest absolute Gasteiger partial charge is 0.375 e. The number of benzene rings is 1. The molecule has 0 radical (unpaired) electrons. The van der Waals surface area contributed by atoms with E-state index in [1.54, 1.807) is 0 Å². The van der Waals surface area contributed by atoms with Gasteiger partial charge in [0, 0.05) is 17.6 Å². The van der Waals surface area contributed by atoms with Gasteiger partial charge in [0.25, 0.3) is 0 Å². The SMILES string of the molecule is Nc1nc([C@H]2CCCN2c2ccc(C(F)(F)F)cc2)cs1. The fourth-order valence-electron chi connectivity index (χ4n) is 2.68. The van der Waals surface area contributed by atoms with Crippen molar-refractivity contribution in [2.75, 3.05) is 17.2 Å². The number of nitrogens with zero attached hydrogens (tertiary/aromatic N) is 2. The Hall–Kier alpha value is -1.76. The van der Waals surface area contributed by atoms with Gasteiger partial charge in [0.1, 0.15) is 0 Å². The number of alkyl halides is 3. The van der Waals surface area contributed by atoms with Crippen molar-refractivity contribution in [3.63, 3.8) is 0 Å². The molecule has 0 spiro atoms. The number of thiazole rings is 1. The standard InChI is InChI=1S/C14H14F3N3S/c15-14(16,17)9-3-5-10(6-4-9)20-7-1-2-12(20)11-8-21-13(18)19-11/h3-6,8,12H,1-2,7H2,(H2,18,19)/t12-/m1/s1. The molecule has 3 rings (SSSR count). The van der Waals surface area contributed by atoms with Crippen LogP contribution in [0.25, 0.3) is 0 Å². The van der Waals surface area contributed by atoms with E-state index in [0.29, 0.717) is 5.13 Å². The molecule has 0 amide bonds. The van der Waals surface area contributed by atoms with Gasteiger partial charge in [-0.1, -0.05) is 0 Å². The summed E-state index contributed by atoms with van der Waals surface area (Å²) >= 11 is 1.39. The van der Waals surface area contributed by atoms with E-state index in [2.05, 4.69) is 9.88 Å². The lowest BCUT2D eigenvalue weighted by atomic mass is 10.1. The van der Waals surface area contributed by atoms with Crippen LogP contribution in [0.4, 0.5) is 24.0 Å². The molecule has 1 aliphatic heterocycles. The lowest BCUT2D eigenvalue weighted by molar-refractivity contribution is -0.137. The Kier molecular flexibility index (Phi) is 3.52. The van der Waals surface area contributed by atoms with E-state index in [1.165, 1.54) is 23.5 Å². The summed E-state index contributed by atoms with van der Waals surface area (Å²) < 4.78 is 37.8. The summed E-state index contributed by atoms with van der Waals surface area (Å²) in [5.74, 6) is 0. The maximum absolute atomic E-state index is 12.6. The highest BCUT2D eigenvalue weighted by atomic mass is 32.1. The van der Waals surface area contributed by atoms with Crippen molar-refractivity contribution in [1.82, 2.24) is 4.98 Å². The monoisotopic (exact) mass is 313 g/mol. The molecule has 1 aromatic carbocycles. The van der Waals surface area contributed by atoms with Gasteiger partial charge in [-0.15, -0.1) is 11.3 Å². The van der Waals surface area contributed by atoms with Crippen LogP contribution in [0.15, 0.2) is 29.6 Å². The number of hydrogen-bond donors (Lipinski definition) is 1. The molecule has 2 N–H and O–H groups in total. The average molecular weight is 313 g/mol. The largest absolute Gasteiger partial charge is 0.416 e. The number of halogens is 3. The molecule has 1 atom stereocenters. The van der Waals surface area contributed by atoms with E-state index in [1.807, 2.05) is 5.38 Å². The Bertz CT molecular complexity index is 621. The molecule has 2 aromatic rings. The highest BCUT2D eigenvalue weighted by molar-refractivity contribution is 7.13. The first-order chi connectivity index (χ1) is 9.95. The van der Waals surface area contributed by atoms with Gasteiger partial charge < -0.3 is 10.6 Å². The van der Waals surface area contributed by atoms with Crippen LogP contribution >= 0.6 is 11.3 Å². The Morgan fingerprint density at radius 2 is 1.95 bits per heavy atom. The quantitative estimate of drug-likeness (QED) is 0.908. The topological polar surface area (TPSA) is 42.1 Å². The number of nitrogen functional groups attached to an aromatic ring is 1. The van der Waals surface area contributed by atoms with Crippen molar-refractivity contribution in [3.8, 4) is 0 Å². The second kappa shape index (κ2) is 5.22. The first-order valence-corrected chi connectivity index (χ1v) is 7.48. The molecule has 0 bridgehead atoms. The summed E-state index contributed by atoms with van der Waals surface area (Å²) in [4.78, 5) is 6.39. The third-order valence-corrected chi connectivity index (χ3v) is 4.35. The van der Waals surface area contributed by atoms with E-state index in [9.17, 15) is 13.2 Å². The predicted molar refractivity (Wildman–Crippen MR) is 77.3 cm³/mol. The van der Waals surface area contributed by atoms with Gasteiger partial charge in [-0.05, 0) is 37.1 Å². The van der Waals surface area contributed by atoms with E-state index >= 15 is 0 Å². The molecule has 0 unspecified atom stereocenters. The van der Waals surface area contributed by atoms with Crippen molar-refractivity contribution >= 4 is 22.2 Å². The van der Waals surface area contributed by atoms with E-state index < -0.39 is 11.7 Å². The number of hydrogen-bond acceptors (Lipinski definition) is 4. The number of anilines is 2. The zero-order valence-electron chi connectivity index (χ0n) is 11.1. The Labute approximate surface area is 124 Å². The van der Waals surface area contributed by atoms with Crippen molar-refractivity contribution in [3.05, 3.63) is 40.9 Å². The van der Waals surface area contributed by atoms with Crippen LogP contribution in [0, 0.1) is 0 Å². The fourth-order valence-corrected chi connectivity index (χ4v) is 3.29. The molecule has 21 heavy (non-hydrogen) atoms. The molecule has 1 fully saturated rings. The third-order valence-electron chi connectivity index (χ3n) is 3.66. The van der Waals surface area contributed by atoms with Crippen LogP contribution in [0.1, 0.15) is 30.1 Å². The summed E-state index contributed by atoms with van der Waals surface area (Å²) in [6.07, 6.45) is -2.38. The highest BCUT2D eigenvalue weighted by Crippen LogP contribution is 2.38. The minimum absolute atomic E-state index is 0.0929. The average Bonchev–Trinajstić information content (AvgIpc) is 3.06. The molecule has 1 aromatic heterocycles. The molecule has 2 heterocycles. The molecule has 3 nitrogen and oxygen atoms in total. The van der Waals surface area contributed by atoms with Gasteiger partial charge in [-0.2, -0.15) is 13.2 Å². The van der Waals surface area contributed by atoms with Crippen LogP contribution in [0.5, 0.6) is 0 Å². The third kappa shape index (κ3) is 2.83. The van der Waals surface area contributed by atoms with Crippen molar-refractivity contribution in [2.24, 2.45) is 0 Å². The molecule has 112 valence electrons. The number of aromatic nitrogens is 1. The van der Waals surface area contributed by atoms with Gasteiger partial charge >= 0.3 is 6.18 Å². The number of nitrogens with two attached hydrogens (primary N) is 1. The van der Waals surface area contributed by atoms with E-state index in [0.717, 1.165) is 42.9 Å². The normalized spacial score (nSPS) is 19.2. The molecule has 0 saturated carbocycles. The lowest BCUT2D eigenvalue weighted by Crippen LogP contribution is -2.22. The van der Waals surface area contributed by atoms with Gasteiger partial charge in [0.15, 0.2) is 5.13 Å². The second-order valence-electron chi connectivity index (χ2n) is 5.01. The van der Waals surface area contributed by atoms with Gasteiger partial charge in [-0.25, -0.2) is 4.98 Å². The van der Waals surface area contributed by atoms with Crippen LogP contribution in [-0.4, -0.2) is 11.5 Å². The summed E-state index contributed by atoms with van der Waals surface area (Å²) in [5, 5.41) is 2.44. The zero-order valence-corrected chi connectivity index (χ0v) is 11.9. The Morgan fingerprint density at radius 3 is 2.52 bits per heavy atom. The zero-order chi connectivity index (χ0) is 15.0. The first kappa shape index (κ1) is 14.2. The summed E-state index contributed by atoms with van der Waals surface area (Å²) in [6, 6.07) is 5.39. The van der Waals surface area contributed by atoms with Crippen molar-refractivity contribution in [2.45, 2.75) is 25.1 Å². The molecule has 7 heteroatoms. The van der Waals surface area contributed by atoms with Crippen LogP contribution in [0.3, 0.4) is 0 Å². The minimum atomic E-state index is -4.30. The van der Waals surface area contributed by atoms with Crippen LogP contribution in [-0.2, 0) is 6.18 Å². The minimum Gasteiger partial charge on any atom is -0.375 e. The first-order valence-electron chi connectivity index (χ1n) is 6.60. The summed E-state index contributed by atoms with van der Waals surface area (Å²) in [5.41, 5.74) is 6.72.